The van der Waals surface area contributed by atoms with Crippen LogP contribution in [0.3, 0.4) is 0 Å². The lowest BCUT2D eigenvalue weighted by Crippen LogP contribution is -2.47. The van der Waals surface area contributed by atoms with E-state index in [1.54, 1.807) is 0 Å². The third kappa shape index (κ3) is 2.45. The van der Waals surface area contributed by atoms with Crippen molar-refractivity contribution in [3.8, 4) is 0 Å². The van der Waals surface area contributed by atoms with Gasteiger partial charge in [-0.1, -0.05) is 15.9 Å². The Labute approximate surface area is 124 Å². The standard InChI is InChI=1S/C12H17BrN6O/c1-9-14-10(8-11-15-16-12(20)19(9)11)18-6-4-17(3-2-13)5-7-18/h8H,2-7H2,1H3,(H,16,20). The molecule has 1 aliphatic rings. The van der Waals surface area contributed by atoms with Gasteiger partial charge in [-0.2, -0.15) is 5.10 Å². The van der Waals surface area contributed by atoms with E-state index in [4.69, 9.17) is 0 Å². The number of aromatic amines is 1. The molecule has 2 aromatic heterocycles. The fourth-order valence-electron chi connectivity index (χ4n) is 2.56. The molecule has 20 heavy (non-hydrogen) atoms. The summed E-state index contributed by atoms with van der Waals surface area (Å²) in [6, 6.07) is 1.87. The summed E-state index contributed by atoms with van der Waals surface area (Å²) < 4.78 is 1.49. The van der Waals surface area contributed by atoms with E-state index in [9.17, 15) is 4.79 Å². The Morgan fingerprint density at radius 2 is 2.10 bits per heavy atom. The van der Waals surface area contributed by atoms with Crippen molar-refractivity contribution in [2.24, 2.45) is 0 Å². The number of nitrogens with zero attached hydrogens (tertiary/aromatic N) is 5. The van der Waals surface area contributed by atoms with Crippen LogP contribution in [-0.4, -0.2) is 62.5 Å². The van der Waals surface area contributed by atoms with Crippen LogP contribution in [0.5, 0.6) is 0 Å². The number of piperazine rings is 1. The van der Waals surface area contributed by atoms with Gasteiger partial charge in [-0.05, 0) is 6.92 Å². The molecule has 1 aliphatic heterocycles. The summed E-state index contributed by atoms with van der Waals surface area (Å²) in [6.07, 6.45) is 0. The summed E-state index contributed by atoms with van der Waals surface area (Å²) in [5, 5.41) is 7.48. The zero-order valence-electron chi connectivity index (χ0n) is 11.3. The predicted molar refractivity (Wildman–Crippen MR) is 80.8 cm³/mol. The van der Waals surface area contributed by atoms with Crippen LogP contribution in [0.4, 0.5) is 5.82 Å². The largest absolute Gasteiger partial charge is 0.354 e. The van der Waals surface area contributed by atoms with Crippen LogP contribution in [0.1, 0.15) is 5.82 Å². The smallest absolute Gasteiger partial charge is 0.349 e. The molecule has 0 amide bonds. The number of hydrogen-bond acceptors (Lipinski definition) is 5. The molecule has 0 bridgehead atoms. The normalized spacial score (nSPS) is 17.0. The summed E-state index contributed by atoms with van der Waals surface area (Å²) in [6.45, 7) is 6.87. The fourth-order valence-corrected chi connectivity index (χ4v) is 3.07. The highest BCUT2D eigenvalue weighted by atomic mass is 79.9. The molecule has 0 radical (unpaired) electrons. The van der Waals surface area contributed by atoms with Crippen molar-refractivity contribution in [3.63, 3.8) is 0 Å². The van der Waals surface area contributed by atoms with Gasteiger partial charge in [0.15, 0.2) is 5.65 Å². The second-order valence-electron chi connectivity index (χ2n) is 4.90. The molecular weight excluding hydrogens is 324 g/mol. The van der Waals surface area contributed by atoms with Crippen molar-refractivity contribution in [3.05, 3.63) is 22.4 Å². The van der Waals surface area contributed by atoms with E-state index in [1.807, 2.05) is 13.0 Å². The van der Waals surface area contributed by atoms with Crippen LogP contribution in [0.25, 0.3) is 5.65 Å². The van der Waals surface area contributed by atoms with E-state index in [0.29, 0.717) is 11.5 Å². The Hall–Kier alpha value is -1.41. The topological polar surface area (TPSA) is 69.5 Å². The molecular formula is C12H17BrN6O. The van der Waals surface area contributed by atoms with Gasteiger partial charge in [0.1, 0.15) is 11.6 Å². The summed E-state index contributed by atoms with van der Waals surface area (Å²) >= 11 is 3.47. The van der Waals surface area contributed by atoms with Crippen LogP contribution in [0.2, 0.25) is 0 Å². The first-order chi connectivity index (χ1) is 9.69. The molecule has 3 rings (SSSR count). The third-order valence-corrected chi connectivity index (χ3v) is 4.01. The number of hydrogen-bond donors (Lipinski definition) is 1. The van der Waals surface area contributed by atoms with E-state index >= 15 is 0 Å². The fraction of sp³-hybridized carbons (Fsp3) is 0.583. The van der Waals surface area contributed by atoms with Crippen molar-refractivity contribution in [1.29, 1.82) is 0 Å². The molecule has 0 saturated carbocycles. The van der Waals surface area contributed by atoms with Gasteiger partial charge in [-0.25, -0.2) is 19.3 Å². The highest BCUT2D eigenvalue weighted by Crippen LogP contribution is 2.15. The van der Waals surface area contributed by atoms with Crippen molar-refractivity contribution in [1.82, 2.24) is 24.5 Å². The molecule has 1 N–H and O–H groups in total. The second-order valence-corrected chi connectivity index (χ2v) is 5.69. The first kappa shape index (κ1) is 13.6. The van der Waals surface area contributed by atoms with Crippen LogP contribution in [0.15, 0.2) is 10.9 Å². The number of H-pyrrole nitrogens is 1. The van der Waals surface area contributed by atoms with Crippen molar-refractivity contribution in [2.75, 3.05) is 43.0 Å². The van der Waals surface area contributed by atoms with E-state index < -0.39 is 0 Å². The van der Waals surface area contributed by atoms with Gasteiger partial charge >= 0.3 is 5.69 Å². The number of nitrogens with one attached hydrogen (secondary N) is 1. The van der Waals surface area contributed by atoms with E-state index in [-0.39, 0.29) is 5.69 Å². The Kier molecular flexibility index (Phi) is 3.75. The summed E-state index contributed by atoms with van der Waals surface area (Å²) in [7, 11) is 0. The maximum atomic E-state index is 11.6. The maximum Gasteiger partial charge on any atom is 0.349 e. The highest BCUT2D eigenvalue weighted by Gasteiger charge is 2.19. The molecule has 3 heterocycles. The molecule has 8 heteroatoms. The molecule has 0 aromatic carbocycles. The van der Waals surface area contributed by atoms with Crippen LogP contribution >= 0.6 is 15.9 Å². The van der Waals surface area contributed by atoms with Gasteiger partial charge in [-0.15, -0.1) is 0 Å². The molecule has 0 unspecified atom stereocenters. The quantitative estimate of drug-likeness (QED) is 0.811. The third-order valence-electron chi connectivity index (χ3n) is 3.65. The summed E-state index contributed by atoms with van der Waals surface area (Å²) in [5.41, 5.74) is 0.388. The number of aryl methyl sites for hydroxylation is 1. The molecule has 0 spiro atoms. The zero-order valence-corrected chi connectivity index (χ0v) is 12.9. The molecule has 108 valence electrons. The number of halogens is 1. The minimum atomic E-state index is -0.237. The lowest BCUT2D eigenvalue weighted by Gasteiger charge is -2.35. The molecule has 7 nitrogen and oxygen atoms in total. The second kappa shape index (κ2) is 5.53. The minimum absolute atomic E-state index is 0.237. The van der Waals surface area contributed by atoms with E-state index in [0.717, 1.165) is 43.9 Å². The molecule has 0 atom stereocenters. The van der Waals surface area contributed by atoms with Crippen molar-refractivity contribution < 1.29 is 0 Å². The van der Waals surface area contributed by atoms with Gasteiger partial charge in [0.05, 0.1) is 0 Å². The number of fused-ring (bicyclic) bond motifs is 1. The molecule has 1 saturated heterocycles. The van der Waals surface area contributed by atoms with Crippen LogP contribution in [-0.2, 0) is 0 Å². The maximum absolute atomic E-state index is 11.6. The Balaban J connectivity index is 1.83. The summed E-state index contributed by atoms with van der Waals surface area (Å²) in [4.78, 5) is 20.8. The molecule has 2 aromatic rings. The Morgan fingerprint density at radius 3 is 2.80 bits per heavy atom. The Bertz CT molecular complexity index is 658. The number of alkyl halides is 1. The lowest BCUT2D eigenvalue weighted by molar-refractivity contribution is 0.273. The number of anilines is 1. The monoisotopic (exact) mass is 340 g/mol. The van der Waals surface area contributed by atoms with Gasteiger partial charge < -0.3 is 4.90 Å². The Morgan fingerprint density at radius 1 is 1.35 bits per heavy atom. The van der Waals surface area contributed by atoms with E-state index in [2.05, 4.69) is 40.9 Å². The lowest BCUT2D eigenvalue weighted by atomic mass is 10.3. The average molecular weight is 341 g/mol. The zero-order chi connectivity index (χ0) is 14.1. The average Bonchev–Trinajstić information content (AvgIpc) is 2.82. The van der Waals surface area contributed by atoms with Gasteiger partial charge in [0.25, 0.3) is 0 Å². The highest BCUT2D eigenvalue weighted by molar-refractivity contribution is 9.09. The van der Waals surface area contributed by atoms with E-state index in [1.165, 1.54) is 4.40 Å². The van der Waals surface area contributed by atoms with Crippen LogP contribution < -0.4 is 10.6 Å². The van der Waals surface area contributed by atoms with Gasteiger partial charge in [-0.3, -0.25) is 4.90 Å². The molecule has 0 aliphatic carbocycles. The van der Waals surface area contributed by atoms with Crippen LogP contribution in [0, 0.1) is 6.92 Å². The first-order valence-corrected chi connectivity index (χ1v) is 7.79. The number of aromatic nitrogens is 4. The molecule has 1 fully saturated rings. The van der Waals surface area contributed by atoms with Gasteiger partial charge in [0, 0.05) is 44.1 Å². The van der Waals surface area contributed by atoms with Crippen molar-refractivity contribution >= 4 is 27.4 Å². The SMILES string of the molecule is Cc1nc(N2CCN(CCBr)CC2)cc2n[nH]c(=O)n12. The minimum Gasteiger partial charge on any atom is -0.354 e. The predicted octanol–water partition coefficient (Wildman–Crippen LogP) is 0.243. The number of rotatable bonds is 3. The summed E-state index contributed by atoms with van der Waals surface area (Å²) in [5.74, 6) is 1.56. The van der Waals surface area contributed by atoms with Crippen molar-refractivity contribution in [2.45, 2.75) is 6.92 Å². The first-order valence-electron chi connectivity index (χ1n) is 6.67. The van der Waals surface area contributed by atoms with Gasteiger partial charge in [0.2, 0.25) is 0 Å².